The van der Waals surface area contributed by atoms with Crippen LogP contribution in [0.3, 0.4) is 0 Å². The van der Waals surface area contributed by atoms with Crippen molar-refractivity contribution in [3.05, 3.63) is 35.4 Å². The van der Waals surface area contributed by atoms with Crippen LogP contribution in [0.25, 0.3) is 0 Å². The molecular formula is C11H14NO2. The number of hydrogen-bond acceptors (Lipinski definition) is 2. The summed E-state index contributed by atoms with van der Waals surface area (Å²) >= 11 is 0. The van der Waals surface area contributed by atoms with Crippen LogP contribution in [0.15, 0.2) is 24.3 Å². The molecule has 1 aliphatic heterocycles. The molecule has 1 radical (unpaired) electrons. The molecule has 3 heteroatoms. The average molecular weight is 192 g/mol. The minimum atomic E-state index is -1.40. The quantitative estimate of drug-likeness (QED) is 0.680. The highest BCUT2D eigenvalue weighted by molar-refractivity contribution is 5.40. The zero-order valence-corrected chi connectivity index (χ0v) is 8.61. The summed E-state index contributed by atoms with van der Waals surface area (Å²) in [6.07, 6.45) is 0. The molecule has 75 valence electrons. The molecule has 1 aliphatic rings. The van der Waals surface area contributed by atoms with Gasteiger partial charge in [-0.05, 0) is 26.3 Å². The van der Waals surface area contributed by atoms with Gasteiger partial charge in [0.15, 0.2) is 5.72 Å². The normalized spacial score (nSPS) is 30.4. The van der Waals surface area contributed by atoms with Gasteiger partial charge >= 0.3 is 0 Å². The Balaban J connectivity index is 2.70. The van der Waals surface area contributed by atoms with Crippen molar-refractivity contribution in [3.63, 3.8) is 0 Å². The lowest BCUT2D eigenvalue weighted by Gasteiger charge is -2.30. The molecule has 0 amide bonds. The molecule has 2 rings (SSSR count). The molecule has 3 nitrogen and oxygen atoms in total. The van der Waals surface area contributed by atoms with E-state index in [2.05, 4.69) is 0 Å². The van der Waals surface area contributed by atoms with Crippen LogP contribution in [0.5, 0.6) is 0 Å². The van der Waals surface area contributed by atoms with Gasteiger partial charge in [-0.1, -0.05) is 24.3 Å². The number of benzene rings is 1. The van der Waals surface area contributed by atoms with Crippen molar-refractivity contribution in [1.29, 1.82) is 0 Å². The van der Waals surface area contributed by atoms with Crippen LogP contribution in [0, 0.1) is 0 Å². The lowest BCUT2D eigenvalue weighted by Crippen LogP contribution is -2.43. The fourth-order valence-corrected chi connectivity index (χ4v) is 2.19. The van der Waals surface area contributed by atoms with Gasteiger partial charge < -0.3 is 5.11 Å². The molecule has 1 heterocycles. The Morgan fingerprint density at radius 3 is 2.14 bits per heavy atom. The van der Waals surface area contributed by atoms with Gasteiger partial charge in [-0.25, -0.2) is 0 Å². The summed E-state index contributed by atoms with van der Waals surface area (Å²) in [5.74, 6) is 0. The number of hydroxylamine groups is 2. The largest absolute Gasteiger partial charge is 0.369 e. The van der Waals surface area contributed by atoms with Gasteiger partial charge in [0.25, 0.3) is 0 Å². The van der Waals surface area contributed by atoms with Gasteiger partial charge in [0.2, 0.25) is 0 Å². The Hall–Kier alpha value is -0.900. The molecule has 1 aromatic carbocycles. The fourth-order valence-electron chi connectivity index (χ4n) is 2.19. The minimum Gasteiger partial charge on any atom is -0.369 e. The number of fused-ring (bicyclic) bond motifs is 1. The summed E-state index contributed by atoms with van der Waals surface area (Å²) in [6.45, 7) is 5.17. The summed E-state index contributed by atoms with van der Waals surface area (Å²) in [4.78, 5) is 0. The van der Waals surface area contributed by atoms with Crippen LogP contribution in [0.2, 0.25) is 0 Å². The van der Waals surface area contributed by atoms with Crippen molar-refractivity contribution in [2.24, 2.45) is 0 Å². The van der Waals surface area contributed by atoms with Crippen molar-refractivity contribution in [2.75, 3.05) is 0 Å². The van der Waals surface area contributed by atoms with Crippen molar-refractivity contribution >= 4 is 0 Å². The lowest BCUT2D eigenvalue weighted by atomic mass is 9.94. The first-order chi connectivity index (χ1) is 6.38. The molecule has 14 heavy (non-hydrogen) atoms. The van der Waals surface area contributed by atoms with Crippen molar-refractivity contribution < 1.29 is 10.3 Å². The fraction of sp³-hybridized carbons (Fsp3) is 0.455. The molecule has 0 fully saturated rings. The van der Waals surface area contributed by atoms with E-state index in [4.69, 9.17) is 0 Å². The second-order valence-electron chi connectivity index (χ2n) is 4.42. The van der Waals surface area contributed by atoms with Crippen LogP contribution in [-0.2, 0) is 16.5 Å². The topological polar surface area (TPSA) is 43.4 Å². The third-order valence-electron chi connectivity index (χ3n) is 3.00. The Kier molecular flexibility index (Phi) is 1.77. The van der Waals surface area contributed by atoms with Crippen LogP contribution < -0.4 is 0 Å². The Bertz CT molecular complexity index is 336. The molecular weight excluding hydrogens is 178 g/mol. The van der Waals surface area contributed by atoms with E-state index in [-0.39, 0.29) is 0 Å². The first kappa shape index (κ1) is 9.65. The lowest BCUT2D eigenvalue weighted by molar-refractivity contribution is -0.331. The van der Waals surface area contributed by atoms with Gasteiger partial charge in [-0.3, -0.25) is 0 Å². The van der Waals surface area contributed by atoms with Gasteiger partial charge in [0, 0.05) is 5.56 Å². The molecule has 0 bridgehead atoms. The van der Waals surface area contributed by atoms with E-state index in [9.17, 15) is 10.3 Å². The van der Waals surface area contributed by atoms with Crippen molar-refractivity contribution in [1.82, 2.24) is 5.06 Å². The van der Waals surface area contributed by atoms with Gasteiger partial charge in [0.1, 0.15) is 0 Å². The summed E-state index contributed by atoms with van der Waals surface area (Å²) in [5.41, 5.74) is -0.444. The third kappa shape index (κ3) is 0.974. The smallest absolute Gasteiger partial charge is 0.168 e. The predicted octanol–water partition coefficient (Wildman–Crippen LogP) is 1.75. The zero-order chi connectivity index (χ0) is 10.6. The second kappa shape index (κ2) is 2.57. The Morgan fingerprint density at radius 1 is 1.14 bits per heavy atom. The highest BCUT2D eigenvalue weighted by Gasteiger charge is 2.51. The number of hydrogen-bond donors (Lipinski definition) is 1. The summed E-state index contributed by atoms with van der Waals surface area (Å²) in [6, 6.07) is 7.41. The maximum Gasteiger partial charge on any atom is 0.168 e. The first-order valence-electron chi connectivity index (χ1n) is 4.68. The van der Waals surface area contributed by atoms with Crippen molar-refractivity contribution in [3.8, 4) is 0 Å². The number of nitrogens with zero attached hydrogens (tertiary/aromatic N) is 1. The Labute approximate surface area is 83.6 Å². The van der Waals surface area contributed by atoms with E-state index in [0.29, 0.717) is 5.56 Å². The predicted molar refractivity (Wildman–Crippen MR) is 51.6 cm³/mol. The maximum atomic E-state index is 11.9. The van der Waals surface area contributed by atoms with Gasteiger partial charge in [-0.15, -0.1) is 10.3 Å². The average Bonchev–Trinajstić information content (AvgIpc) is 2.28. The molecule has 1 unspecified atom stereocenters. The molecule has 0 spiro atoms. The van der Waals surface area contributed by atoms with Crippen molar-refractivity contribution in [2.45, 2.75) is 32.0 Å². The summed E-state index contributed by atoms with van der Waals surface area (Å²) < 4.78 is 0. The van der Waals surface area contributed by atoms with Crippen LogP contribution in [0.1, 0.15) is 31.9 Å². The standard InChI is InChI=1S/C11H14NO2/c1-10(2)8-6-4-5-7-9(8)11(3,13)12(10)14/h4-7,13H,1-3H3. The monoisotopic (exact) mass is 192 g/mol. The highest BCUT2D eigenvalue weighted by atomic mass is 16.5. The van der Waals surface area contributed by atoms with E-state index in [1.165, 1.54) is 6.92 Å². The summed E-state index contributed by atoms with van der Waals surface area (Å²) in [5, 5.41) is 22.7. The summed E-state index contributed by atoms with van der Waals surface area (Å²) in [7, 11) is 0. The van der Waals surface area contributed by atoms with Crippen LogP contribution in [0.4, 0.5) is 0 Å². The third-order valence-corrected chi connectivity index (χ3v) is 3.00. The van der Waals surface area contributed by atoms with Crippen LogP contribution in [-0.4, -0.2) is 10.2 Å². The molecule has 1 N–H and O–H groups in total. The van der Waals surface area contributed by atoms with Gasteiger partial charge in [-0.2, -0.15) is 0 Å². The molecule has 0 aromatic heterocycles. The second-order valence-corrected chi connectivity index (χ2v) is 4.42. The van der Waals surface area contributed by atoms with Crippen LogP contribution >= 0.6 is 0 Å². The molecule has 0 saturated carbocycles. The van der Waals surface area contributed by atoms with E-state index in [1.807, 2.05) is 32.0 Å². The Morgan fingerprint density at radius 2 is 1.64 bits per heavy atom. The number of aliphatic hydroxyl groups is 1. The molecule has 1 aromatic rings. The van der Waals surface area contributed by atoms with E-state index < -0.39 is 11.3 Å². The molecule has 0 saturated heterocycles. The maximum absolute atomic E-state index is 11.9. The van der Waals surface area contributed by atoms with E-state index in [0.717, 1.165) is 10.6 Å². The SMILES string of the molecule is CC1(C)c2ccccc2C(C)(O)N1[O]. The number of rotatable bonds is 0. The van der Waals surface area contributed by atoms with E-state index in [1.54, 1.807) is 6.07 Å². The highest BCUT2D eigenvalue weighted by Crippen LogP contribution is 2.46. The first-order valence-corrected chi connectivity index (χ1v) is 4.68. The van der Waals surface area contributed by atoms with E-state index >= 15 is 0 Å². The molecule has 0 aliphatic carbocycles. The van der Waals surface area contributed by atoms with Gasteiger partial charge in [0.05, 0.1) is 5.54 Å². The minimum absolute atomic E-state index is 0.653. The molecule has 1 atom stereocenters. The zero-order valence-electron chi connectivity index (χ0n) is 8.61.